The molecule has 1 heterocycles. The number of hydrogen-bond donors (Lipinski definition) is 1. The number of likely N-dealkylation sites (tertiary alicyclic amines) is 1. The third kappa shape index (κ3) is 4.46. The number of methoxy groups -OCH3 is 2. The summed E-state index contributed by atoms with van der Waals surface area (Å²) in [5.74, 6) is -0.325. The Kier molecular flexibility index (Phi) is 6.45. The maximum atomic E-state index is 13.1. The third-order valence-electron chi connectivity index (χ3n) is 5.80. The normalized spacial score (nSPS) is 17.3. The minimum absolute atomic E-state index is 0.0616. The van der Waals surface area contributed by atoms with Gasteiger partial charge in [-0.25, -0.2) is 0 Å². The molecule has 1 fully saturated rings. The van der Waals surface area contributed by atoms with E-state index in [4.69, 9.17) is 9.47 Å². The Labute approximate surface area is 192 Å². The summed E-state index contributed by atoms with van der Waals surface area (Å²) in [5.41, 5.74) is 2.24. The molecule has 0 radical (unpaired) electrons. The van der Waals surface area contributed by atoms with E-state index in [1.807, 2.05) is 36.4 Å². The lowest BCUT2D eigenvalue weighted by atomic mass is 9.95. The highest BCUT2D eigenvalue weighted by Crippen LogP contribution is 2.40. The summed E-state index contributed by atoms with van der Waals surface area (Å²) in [6.07, 6.45) is 0.580. The Bertz CT molecular complexity index is 1180. The number of ketones is 1. The molecule has 3 aromatic carbocycles. The van der Waals surface area contributed by atoms with Crippen LogP contribution in [0.15, 0.2) is 84.4 Å². The molecule has 0 aliphatic carbocycles. The summed E-state index contributed by atoms with van der Waals surface area (Å²) in [6, 6.07) is 23.0. The quantitative estimate of drug-likeness (QED) is 0.333. The second kappa shape index (κ2) is 9.61. The number of carbonyl (C=O) groups excluding carboxylic acids is 2. The van der Waals surface area contributed by atoms with Crippen LogP contribution in [0.3, 0.4) is 0 Å². The summed E-state index contributed by atoms with van der Waals surface area (Å²) in [4.78, 5) is 27.8. The van der Waals surface area contributed by atoms with Crippen LogP contribution >= 0.6 is 0 Å². The summed E-state index contributed by atoms with van der Waals surface area (Å²) in [6.45, 7) is 0.329. The fourth-order valence-corrected chi connectivity index (χ4v) is 4.07. The van der Waals surface area contributed by atoms with Crippen molar-refractivity contribution in [1.82, 2.24) is 4.90 Å². The van der Waals surface area contributed by atoms with Gasteiger partial charge in [-0.1, -0.05) is 42.5 Å². The highest BCUT2D eigenvalue weighted by atomic mass is 16.5. The van der Waals surface area contributed by atoms with Crippen LogP contribution in [0.25, 0.3) is 5.76 Å². The van der Waals surface area contributed by atoms with Crippen molar-refractivity contribution in [2.24, 2.45) is 0 Å². The molecule has 6 heteroatoms. The number of carbonyl (C=O) groups is 2. The summed E-state index contributed by atoms with van der Waals surface area (Å²) >= 11 is 0. The molecule has 1 saturated heterocycles. The molecule has 168 valence electrons. The van der Waals surface area contributed by atoms with Crippen molar-refractivity contribution in [2.45, 2.75) is 12.5 Å². The van der Waals surface area contributed by atoms with E-state index < -0.39 is 17.7 Å². The van der Waals surface area contributed by atoms with E-state index >= 15 is 0 Å². The third-order valence-corrected chi connectivity index (χ3v) is 5.80. The summed E-state index contributed by atoms with van der Waals surface area (Å²) < 4.78 is 10.5. The van der Waals surface area contributed by atoms with E-state index in [9.17, 15) is 14.7 Å². The maximum Gasteiger partial charge on any atom is 0.295 e. The largest absolute Gasteiger partial charge is 0.507 e. The molecule has 6 nitrogen and oxygen atoms in total. The number of benzene rings is 3. The van der Waals surface area contributed by atoms with Gasteiger partial charge in [-0.15, -0.1) is 0 Å². The number of amides is 1. The molecule has 1 aliphatic heterocycles. The first-order chi connectivity index (χ1) is 16.0. The van der Waals surface area contributed by atoms with Gasteiger partial charge in [-0.05, 0) is 53.9 Å². The van der Waals surface area contributed by atoms with E-state index in [2.05, 4.69) is 0 Å². The van der Waals surface area contributed by atoms with Gasteiger partial charge >= 0.3 is 0 Å². The average Bonchev–Trinajstić information content (AvgIpc) is 3.12. The van der Waals surface area contributed by atoms with Gasteiger partial charge in [0.05, 0.1) is 25.8 Å². The van der Waals surface area contributed by atoms with Gasteiger partial charge in [0.25, 0.3) is 11.7 Å². The van der Waals surface area contributed by atoms with E-state index in [1.165, 1.54) is 4.90 Å². The van der Waals surface area contributed by atoms with Crippen LogP contribution in [0.4, 0.5) is 0 Å². The number of aliphatic hydroxyl groups excluding tert-OH is 1. The van der Waals surface area contributed by atoms with E-state index in [0.29, 0.717) is 35.6 Å². The second-order valence-corrected chi connectivity index (χ2v) is 7.73. The van der Waals surface area contributed by atoms with Crippen LogP contribution in [0.1, 0.15) is 22.7 Å². The number of ether oxygens (including phenoxy) is 2. The SMILES string of the molecule is COc1ccc(C(O)=C2C(=O)C(=O)N(CCc3ccccc3)C2c2cccc(OC)c2)cc1. The fraction of sp³-hybridized carbons (Fsp3) is 0.185. The van der Waals surface area contributed by atoms with Crippen molar-refractivity contribution in [1.29, 1.82) is 0 Å². The molecular formula is C27H25NO5. The second-order valence-electron chi connectivity index (χ2n) is 7.73. The predicted octanol–water partition coefficient (Wildman–Crippen LogP) is 4.37. The first-order valence-corrected chi connectivity index (χ1v) is 10.6. The Balaban J connectivity index is 1.79. The number of Topliss-reactive ketones (excluding diaryl/α,β-unsaturated/α-hetero) is 1. The van der Waals surface area contributed by atoms with Crippen LogP contribution in [0.5, 0.6) is 11.5 Å². The lowest BCUT2D eigenvalue weighted by molar-refractivity contribution is -0.139. The zero-order valence-electron chi connectivity index (χ0n) is 18.5. The average molecular weight is 443 g/mol. The van der Waals surface area contributed by atoms with Crippen molar-refractivity contribution >= 4 is 17.4 Å². The molecule has 4 rings (SSSR count). The molecule has 1 unspecified atom stereocenters. The molecule has 3 aromatic rings. The molecule has 1 aliphatic rings. The molecule has 0 bridgehead atoms. The van der Waals surface area contributed by atoms with Gasteiger partial charge in [-0.3, -0.25) is 9.59 Å². The Morgan fingerprint density at radius 1 is 0.879 bits per heavy atom. The smallest absolute Gasteiger partial charge is 0.295 e. The lowest BCUT2D eigenvalue weighted by Crippen LogP contribution is -2.31. The Hall–Kier alpha value is -4.06. The summed E-state index contributed by atoms with van der Waals surface area (Å²) in [7, 11) is 3.11. The first kappa shape index (κ1) is 22.1. The van der Waals surface area contributed by atoms with E-state index in [0.717, 1.165) is 5.56 Å². The molecule has 0 aromatic heterocycles. The zero-order valence-corrected chi connectivity index (χ0v) is 18.5. The molecule has 0 saturated carbocycles. The van der Waals surface area contributed by atoms with Gasteiger partial charge in [0.1, 0.15) is 17.3 Å². The van der Waals surface area contributed by atoms with Crippen molar-refractivity contribution in [3.05, 3.63) is 101 Å². The predicted molar refractivity (Wildman–Crippen MR) is 125 cm³/mol. The lowest BCUT2D eigenvalue weighted by Gasteiger charge is -2.25. The highest BCUT2D eigenvalue weighted by molar-refractivity contribution is 6.46. The van der Waals surface area contributed by atoms with Crippen LogP contribution in [-0.2, 0) is 16.0 Å². The standard InChI is InChI=1S/C27H25NO5/c1-32-21-13-11-19(12-14-21)25(29)23-24(20-9-6-10-22(17-20)33-2)28(27(31)26(23)30)16-15-18-7-4-3-5-8-18/h3-14,17,24,29H,15-16H2,1-2H3. The summed E-state index contributed by atoms with van der Waals surface area (Å²) in [5, 5.41) is 11.1. The zero-order chi connectivity index (χ0) is 23.4. The Morgan fingerprint density at radius 2 is 1.58 bits per heavy atom. The molecule has 1 atom stereocenters. The Morgan fingerprint density at radius 3 is 2.24 bits per heavy atom. The molecular weight excluding hydrogens is 418 g/mol. The van der Waals surface area contributed by atoms with Gasteiger partial charge < -0.3 is 19.5 Å². The number of nitrogens with zero attached hydrogens (tertiary/aromatic N) is 1. The number of hydrogen-bond acceptors (Lipinski definition) is 5. The van der Waals surface area contributed by atoms with Crippen molar-refractivity contribution in [2.75, 3.05) is 20.8 Å². The van der Waals surface area contributed by atoms with E-state index in [-0.39, 0.29) is 11.3 Å². The number of aliphatic hydroxyl groups is 1. The van der Waals surface area contributed by atoms with Crippen LogP contribution in [0.2, 0.25) is 0 Å². The van der Waals surface area contributed by atoms with Gasteiger partial charge in [0.15, 0.2) is 0 Å². The maximum absolute atomic E-state index is 13.1. The van der Waals surface area contributed by atoms with Gasteiger partial charge in [0, 0.05) is 12.1 Å². The van der Waals surface area contributed by atoms with Crippen LogP contribution < -0.4 is 9.47 Å². The van der Waals surface area contributed by atoms with Crippen molar-refractivity contribution in [3.63, 3.8) is 0 Å². The first-order valence-electron chi connectivity index (χ1n) is 10.6. The van der Waals surface area contributed by atoms with E-state index in [1.54, 1.807) is 56.7 Å². The van der Waals surface area contributed by atoms with Crippen molar-refractivity contribution in [3.8, 4) is 11.5 Å². The monoisotopic (exact) mass is 443 g/mol. The van der Waals surface area contributed by atoms with Crippen LogP contribution in [-0.4, -0.2) is 42.5 Å². The minimum Gasteiger partial charge on any atom is -0.507 e. The highest BCUT2D eigenvalue weighted by Gasteiger charge is 2.45. The molecule has 0 spiro atoms. The topological polar surface area (TPSA) is 76.1 Å². The number of rotatable bonds is 7. The van der Waals surface area contributed by atoms with Crippen molar-refractivity contribution < 1.29 is 24.2 Å². The fourth-order valence-electron chi connectivity index (χ4n) is 4.07. The van der Waals surface area contributed by atoms with Gasteiger partial charge in [-0.2, -0.15) is 0 Å². The molecule has 1 N–H and O–H groups in total. The van der Waals surface area contributed by atoms with Gasteiger partial charge in [0.2, 0.25) is 0 Å². The molecule has 33 heavy (non-hydrogen) atoms. The minimum atomic E-state index is -0.731. The van der Waals surface area contributed by atoms with Crippen LogP contribution in [0, 0.1) is 0 Å². The molecule has 1 amide bonds.